The van der Waals surface area contributed by atoms with Gasteiger partial charge < -0.3 is 10.2 Å². The number of aryl methyl sites for hydroxylation is 2. The predicted molar refractivity (Wildman–Crippen MR) is 75.9 cm³/mol. The lowest BCUT2D eigenvalue weighted by Crippen LogP contribution is -1.93. The number of rotatable bonds is 4. The van der Waals surface area contributed by atoms with Gasteiger partial charge in [0.2, 0.25) is 5.89 Å². The van der Waals surface area contributed by atoms with Gasteiger partial charge in [-0.15, -0.1) is 11.3 Å². The summed E-state index contributed by atoms with van der Waals surface area (Å²) < 4.78 is 5.49. The van der Waals surface area contributed by atoms with Crippen LogP contribution in [0.4, 0.5) is 5.13 Å². The van der Waals surface area contributed by atoms with Gasteiger partial charge in [0.25, 0.3) is 0 Å². The van der Waals surface area contributed by atoms with Crippen LogP contribution < -0.4 is 5.73 Å². The number of nitrogen functional groups attached to an aromatic ring is 1. The van der Waals surface area contributed by atoms with Crippen LogP contribution in [-0.2, 0) is 12.8 Å². The maximum Gasteiger partial charge on any atom is 0.226 e. The molecule has 0 saturated carbocycles. The van der Waals surface area contributed by atoms with Crippen LogP contribution in [0.2, 0.25) is 0 Å². The normalized spacial score (nSPS) is 10.7. The zero-order valence-electron chi connectivity index (χ0n) is 10.2. The Morgan fingerprint density at radius 1 is 1.05 bits per heavy atom. The van der Waals surface area contributed by atoms with Crippen LogP contribution in [0.1, 0.15) is 11.4 Å². The lowest BCUT2D eigenvalue weighted by atomic mass is 10.2. The maximum absolute atomic E-state index is 5.60. The van der Waals surface area contributed by atoms with Gasteiger partial charge in [0.1, 0.15) is 6.26 Å². The number of nitrogens with two attached hydrogens (primary N) is 1. The predicted octanol–water partition coefficient (Wildman–Crippen LogP) is 3.17. The van der Waals surface area contributed by atoms with Gasteiger partial charge in [-0.1, -0.05) is 18.2 Å². The van der Waals surface area contributed by atoms with Crippen LogP contribution >= 0.6 is 11.3 Å². The number of thiazole rings is 1. The average Bonchev–Trinajstić information content (AvgIpc) is 3.06. The zero-order valence-corrected chi connectivity index (χ0v) is 11.1. The second kappa shape index (κ2) is 5.24. The molecule has 5 heteroatoms. The zero-order chi connectivity index (χ0) is 13.1. The fraction of sp³-hybridized carbons (Fsp3) is 0.143. The number of benzene rings is 1. The van der Waals surface area contributed by atoms with Crippen LogP contribution in [-0.4, -0.2) is 9.97 Å². The summed E-state index contributed by atoms with van der Waals surface area (Å²) in [7, 11) is 0. The third-order valence-corrected chi connectivity index (χ3v) is 3.50. The highest BCUT2D eigenvalue weighted by Gasteiger charge is 2.07. The first-order valence-corrected chi connectivity index (χ1v) is 6.89. The molecule has 19 heavy (non-hydrogen) atoms. The first-order chi connectivity index (χ1) is 9.31. The van der Waals surface area contributed by atoms with Crippen molar-refractivity contribution >= 4 is 16.5 Å². The second-order valence-electron chi connectivity index (χ2n) is 4.19. The summed E-state index contributed by atoms with van der Waals surface area (Å²) in [5.74, 6) is 0.661. The molecule has 0 unspecified atom stereocenters. The van der Waals surface area contributed by atoms with Crippen LogP contribution in [0.15, 0.2) is 46.4 Å². The van der Waals surface area contributed by atoms with Crippen molar-refractivity contribution in [3.63, 3.8) is 0 Å². The number of anilines is 1. The molecule has 3 rings (SSSR count). The Hall–Kier alpha value is -2.14. The highest BCUT2D eigenvalue weighted by atomic mass is 32.1. The van der Waals surface area contributed by atoms with Gasteiger partial charge in [-0.2, -0.15) is 0 Å². The van der Waals surface area contributed by atoms with Crippen LogP contribution in [0.3, 0.4) is 0 Å². The lowest BCUT2D eigenvalue weighted by Gasteiger charge is -1.93. The highest BCUT2D eigenvalue weighted by Crippen LogP contribution is 2.19. The van der Waals surface area contributed by atoms with E-state index in [1.807, 2.05) is 35.7 Å². The summed E-state index contributed by atoms with van der Waals surface area (Å²) in [5, 5.41) is 2.59. The Labute approximate surface area is 114 Å². The molecule has 0 saturated heterocycles. The summed E-state index contributed by atoms with van der Waals surface area (Å²) in [5.41, 5.74) is 8.54. The molecular formula is C14H13N3OS. The van der Waals surface area contributed by atoms with Crippen LogP contribution in [0.5, 0.6) is 0 Å². The third kappa shape index (κ3) is 2.82. The quantitative estimate of drug-likeness (QED) is 0.791. The van der Waals surface area contributed by atoms with Gasteiger partial charge in [-0.3, -0.25) is 0 Å². The van der Waals surface area contributed by atoms with Crippen molar-refractivity contribution in [2.24, 2.45) is 0 Å². The van der Waals surface area contributed by atoms with Gasteiger partial charge in [0, 0.05) is 10.9 Å². The van der Waals surface area contributed by atoms with E-state index in [2.05, 4.69) is 9.97 Å². The number of nitrogens with zero attached hydrogens (tertiary/aromatic N) is 2. The molecule has 96 valence electrons. The van der Waals surface area contributed by atoms with Gasteiger partial charge >= 0.3 is 0 Å². The molecule has 0 radical (unpaired) electrons. The lowest BCUT2D eigenvalue weighted by molar-refractivity contribution is 0.572. The minimum absolute atomic E-state index is 0.611. The summed E-state index contributed by atoms with van der Waals surface area (Å²) >= 11 is 1.46. The summed E-state index contributed by atoms with van der Waals surface area (Å²) in [6.45, 7) is 0. The molecule has 0 bridgehead atoms. The fourth-order valence-electron chi connectivity index (χ4n) is 1.83. The van der Waals surface area contributed by atoms with Gasteiger partial charge in [0.05, 0.1) is 11.4 Å². The van der Waals surface area contributed by atoms with Crippen molar-refractivity contribution in [3.05, 3.63) is 53.4 Å². The Bertz CT molecular complexity index is 660. The van der Waals surface area contributed by atoms with Crippen molar-refractivity contribution in [1.82, 2.24) is 9.97 Å². The number of aromatic nitrogens is 2. The van der Waals surface area contributed by atoms with Gasteiger partial charge in [0.15, 0.2) is 5.13 Å². The van der Waals surface area contributed by atoms with E-state index in [4.69, 9.17) is 10.2 Å². The highest BCUT2D eigenvalue weighted by molar-refractivity contribution is 7.13. The summed E-state index contributed by atoms with van der Waals surface area (Å²) in [4.78, 5) is 8.71. The van der Waals surface area contributed by atoms with Crippen molar-refractivity contribution in [2.45, 2.75) is 12.8 Å². The van der Waals surface area contributed by atoms with Crippen molar-refractivity contribution in [2.75, 3.05) is 5.73 Å². The largest absolute Gasteiger partial charge is 0.444 e. The van der Waals surface area contributed by atoms with Crippen molar-refractivity contribution in [3.8, 4) is 11.5 Å². The first kappa shape index (κ1) is 11.9. The Morgan fingerprint density at radius 3 is 2.58 bits per heavy atom. The van der Waals surface area contributed by atoms with E-state index in [-0.39, 0.29) is 0 Å². The molecule has 2 N–H and O–H groups in total. The Morgan fingerprint density at radius 2 is 1.84 bits per heavy atom. The molecule has 0 amide bonds. The molecule has 0 fully saturated rings. The number of hydrogen-bond donors (Lipinski definition) is 1. The van der Waals surface area contributed by atoms with Gasteiger partial charge in [-0.05, 0) is 25.0 Å². The van der Waals surface area contributed by atoms with E-state index in [1.54, 1.807) is 6.26 Å². The molecule has 3 aromatic rings. The van der Waals surface area contributed by atoms with Crippen LogP contribution in [0.25, 0.3) is 11.5 Å². The molecule has 0 aliphatic heterocycles. The summed E-state index contributed by atoms with van der Waals surface area (Å²) in [6.07, 6.45) is 3.34. The van der Waals surface area contributed by atoms with Crippen molar-refractivity contribution < 1.29 is 4.42 Å². The molecular weight excluding hydrogens is 258 g/mol. The first-order valence-electron chi connectivity index (χ1n) is 6.01. The monoisotopic (exact) mass is 271 g/mol. The van der Waals surface area contributed by atoms with E-state index in [1.165, 1.54) is 11.3 Å². The Balaban J connectivity index is 1.68. The molecule has 0 atom stereocenters. The van der Waals surface area contributed by atoms with E-state index in [0.29, 0.717) is 11.0 Å². The smallest absolute Gasteiger partial charge is 0.226 e. The van der Waals surface area contributed by atoms with E-state index < -0.39 is 0 Å². The fourth-order valence-corrected chi connectivity index (χ4v) is 2.43. The maximum atomic E-state index is 5.60. The van der Waals surface area contributed by atoms with E-state index >= 15 is 0 Å². The molecule has 4 nitrogen and oxygen atoms in total. The third-order valence-electron chi connectivity index (χ3n) is 2.78. The standard InChI is InChI=1S/C14H13N3OS/c15-14-17-12(9-19-14)7-6-11-8-18-13(16-11)10-4-2-1-3-5-10/h1-5,8-9H,6-7H2,(H2,15,17). The summed E-state index contributed by atoms with van der Waals surface area (Å²) in [6, 6.07) is 9.88. The SMILES string of the molecule is Nc1nc(CCc2coc(-c3ccccc3)n2)cs1. The van der Waals surface area contributed by atoms with Crippen molar-refractivity contribution in [1.29, 1.82) is 0 Å². The molecule has 0 aliphatic rings. The van der Waals surface area contributed by atoms with Gasteiger partial charge in [-0.25, -0.2) is 9.97 Å². The molecule has 2 aromatic heterocycles. The molecule has 2 heterocycles. The minimum Gasteiger partial charge on any atom is -0.444 e. The molecule has 0 aliphatic carbocycles. The van der Waals surface area contributed by atoms with E-state index in [9.17, 15) is 0 Å². The van der Waals surface area contributed by atoms with E-state index in [0.717, 1.165) is 29.8 Å². The molecule has 0 spiro atoms. The average molecular weight is 271 g/mol. The second-order valence-corrected chi connectivity index (χ2v) is 5.08. The molecule has 1 aromatic carbocycles. The Kier molecular flexibility index (Phi) is 3.29. The topological polar surface area (TPSA) is 64.9 Å². The minimum atomic E-state index is 0.611. The number of hydrogen-bond acceptors (Lipinski definition) is 5. The number of oxazole rings is 1. The van der Waals surface area contributed by atoms with Crippen LogP contribution in [0, 0.1) is 0 Å².